The van der Waals surface area contributed by atoms with Crippen LogP contribution in [0.15, 0.2) is 23.1 Å². The van der Waals surface area contributed by atoms with Crippen molar-refractivity contribution in [2.45, 2.75) is 29.7 Å². The van der Waals surface area contributed by atoms with Crippen molar-refractivity contribution in [2.75, 3.05) is 13.4 Å². The van der Waals surface area contributed by atoms with Crippen LogP contribution in [-0.4, -0.2) is 21.8 Å². The largest absolute Gasteiger partial charge is 0.496 e. The molecule has 2 rings (SSSR count). The number of hydrogen-bond acceptors (Lipinski definition) is 4. The molecule has 1 fully saturated rings. The van der Waals surface area contributed by atoms with Gasteiger partial charge in [-0.1, -0.05) is 6.07 Å². The molecular weight excluding hydrogens is 238 g/mol. The van der Waals surface area contributed by atoms with Gasteiger partial charge >= 0.3 is 0 Å². The summed E-state index contributed by atoms with van der Waals surface area (Å²) in [5, 5.41) is 0. The Hall–Kier alpha value is -1.07. The standard InChI is InChI=1S/C12H17NO3S/c1-16-11-8-9(17(2,14)15)4-5-10(11)12(13)6-3-7-12/h4-5,8H,3,6-7,13H2,1-2H3. The lowest BCUT2D eigenvalue weighted by Crippen LogP contribution is -2.43. The van der Waals surface area contributed by atoms with Crippen LogP contribution >= 0.6 is 0 Å². The highest BCUT2D eigenvalue weighted by Gasteiger charge is 2.36. The van der Waals surface area contributed by atoms with Crippen LogP contribution in [0.3, 0.4) is 0 Å². The van der Waals surface area contributed by atoms with Crippen LogP contribution in [0.25, 0.3) is 0 Å². The molecule has 0 bridgehead atoms. The molecule has 4 nitrogen and oxygen atoms in total. The predicted molar refractivity (Wildman–Crippen MR) is 65.8 cm³/mol. The van der Waals surface area contributed by atoms with Gasteiger partial charge in [0.15, 0.2) is 9.84 Å². The Labute approximate surface area is 102 Å². The first-order valence-corrected chi connectivity index (χ1v) is 7.43. The third-order valence-electron chi connectivity index (χ3n) is 3.38. The Morgan fingerprint density at radius 3 is 2.41 bits per heavy atom. The molecule has 0 aliphatic heterocycles. The average molecular weight is 255 g/mol. The molecule has 2 N–H and O–H groups in total. The number of benzene rings is 1. The fourth-order valence-electron chi connectivity index (χ4n) is 2.14. The third-order valence-corrected chi connectivity index (χ3v) is 4.49. The van der Waals surface area contributed by atoms with Crippen LogP contribution in [0.2, 0.25) is 0 Å². The van der Waals surface area contributed by atoms with Gasteiger partial charge in [0.2, 0.25) is 0 Å². The van der Waals surface area contributed by atoms with E-state index in [1.807, 2.05) is 0 Å². The number of hydrogen-bond donors (Lipinski definition) is 1. The number of sulfone groups is 1. The van der Waals surface area contributed by atoms with Gasteiger partial charge in [0, 0.05) is 17.4 Å². The summed E-state index contributed by atoms with van der Waals surface area (Å²) < 4.78 is 28.2. The van der Waals surface area contributed by atoms with Gasteiger partial charge in [-0.25, -0.2) is 8.42 Å². The van der Waals surface area contributed by atoms with Crippen molar-refractivity contribution in [1.29, 1.82) is 0 Å². The Kier molecular flexibility index (Phi) is 2.91. The lowest BCUT2D eigenvalue weighted by Gasteiger charge is -2.39. The molecule has 1 aliphatic carbocycles. The summed E-state index contributed by atoms with van der Waals surface area (Å²) in [6, 6.07) is 4.92. The van der Waals surface area contributed by atoms with Crippen molar-refractivity contribution in [1.82, 2.24) is 0 Å². The first-order valence-electron chi connectivity index (χ1n) is 5.54. The maximum Gasteiger partial charge on any atom is 0.175 e. The summed E-state index contributed by atoms with van der Waals surface area (Å²) in [5.41, 5.74) is 6.79. The lowest BCUT2D eigenvalue weighted by atomic mass is 9.72. The lowest BCUT2D eigenvalue weighted by molar-refractivity contribution is 0.243. The molecule has 0 unspecified atom stereocenters. The second-order valence-electron chi connectivity index (χ2n) is 4.64. The van der Waals surface area contributed by atoms with Crippen LogP contribution in [0, 0.1) is 0 Å². The smallest absolute Gasteiger partial charge is 0.175 e. The summed E-state index contributed by atoms with van der Waals surface area (Å²) in [5.74, 6) is 0.565. The zero-order valence-corrected chi connectivity index (χ0v) is 10.9. The number of nitrogens with two attached hydrogens (primary N) is 1. The summed E-state index contributed by atoms with van der Waals surface area (Å²) >= 11 is 0. The van der Waals surface area contributed by atoms with Crippen LogP contribution in [0.4, 0.5) is 0 Å². The first kappa shape index (κ1) is 12.4. The fraction of sp³-hybridized carbons (Fsp3) is 0.500. The second-order valence-corrected chi connectivity index (χ2v) is 6.66. The van der Waals surface area contributed by atoms with Gasteiger partial charge in [-0.2, -0.15) is 0 Å². The van der Waals surface area contributed by atoms with Crippen LogP contribution in [-0.2, 0) is 15.4 Å². The molecule has 1 aliphatic rings. The van der Waals surface area contributed by atoms with E-state index in [4.69, 9.17) is 10.5 Å². The van der Waals surface area contributed by atoms with Crippen molar-refractivity contribution in [3.63, 3.8) is 0 Å². The van der Waals surface area contributed by atoms with Crippen molar-refractivity contribution >= 4 is 9.84 Å². The van der Waals surface area contributed by atoms with Crippen molar-refractivity contribution in [3.8, 4) is 5.75 Å². The van der Waals surface area contributed by atoms with E-state index in [9.17, 15) is 8.42 Å². The molecule has 0 spiro atoms. The van der Waals surface area contributed by atoms with Crippen molar-refractivity contribution in [3.05, 3.63) is 23.8 Å². The molecular formula is C12H17NO3S. The number of rotatable bonds is 3. The topological polar surface area (TPSA) is 69.4 Å². The molecule has 0 radical (unpaired) electrons. The molecule has 5 heteroatoms. The zero-order valence-electron chi connectivity index (χ0n) is 10.1. The van der Waals surface area contributed by atoms with Crippen LogP contribution in [0.5, 0.6) is 5.75 Å². The molecule has 0 atom stereocenters. The SMILES string of the molecule is COc1cc(S(C)(=O)=O)ccc1C1(N)CCC1. The summed E-state index contributed by atoms with van der Waals surface area (Å²) in [6.07, 6.45) is 4.12. The van der Waals surface area contributed by atoms with Crippen LogP contribution < -0.4 is 10.5 Å². The molecule has 1 saturated carbocycles. The molecule has 1 aromatic rings. The molecule has 0 heterocycles. The second kappa shape index (κ2) is 3.99. The molecule has 0 aromatic heterocycles. The van der Waals surface area contributed by atoms with Crippen molar-refractivity contribution < 1.29 is 13.2 Å². The Balaban J connectivity index is 2.49. The number of methoxy groups -OCH3 is 1. The van der Waals surface area contributed by atoms with Gasteiger partial charge in [-0.05, 0) is 31.4 Å². The maximum absolute atomic E-state index is 11.5. The predicted octanol–water partition coefficient (Wildman–Crippen LogP) is 1.44. The zero-order chi connectivity index (χ0) is 12.7. The van der Waals surface area contributed by atoms with E-state index in [2.05, 4.69) is 0 Å². The monoisotopic (exact) mass is 255 g/mol. The van der Waals surface area contributed by atoms with E-state index in [-0.39, 0.29) is 10.4 Å². The minimum absolute atomic E-state index is 0.265. The van der Waals surface area contributed by atoms with E-state index >= 15 is 0 Å². The van der Waals surface area contributed by atoms with E-state index in [1.165, 1.54) is 13.4 Å². The summed E-state index contributed by atoms with van der Waals surface area (Å²) in [4.78, 5) is 0.265. The molecule has 1 aromatic carbocycles. The quantitative estimate of drug-likeness (QED) is 0.887. The van der Waals surface area contributed by atoms with Gasteiger partial charge in [0.1, 0.15) is 5.75 Å². The van der Waals surface area contributed by atoms with Crippen molar-refractivity contribution in [2.24, 2.45) is 5.73 Å². The van der Waals surface area contributed by atoms with E-state index in [0.29, 0.717) is 5.75 Å². The van der Waals surface area contributed by atoms with Gasteiger partial charge in [-0.15, -0.1) is 0 Å². The summed E-state index contributed by atoms with van der Waals surface area (Å²) in [6.45, 7) is 0. The Morgan fingerprint density at radius 2 is 2.00 bits per heavy atom. The van der Waals surface area contributed by atoms with Gasteiger partial charge in [-0.3, -0.25) is 0 Å². The van der Waals surface area contributed by atoms with E-state index < -0.39 is 9.84 Å². The first-order chi connectivity index (χ1) is 7.87. The van der Waals surface area contributed by atoms with E-state index in [1.54, 1.807) is 18.2 Å². The highest BCUT2D eigenvalue weighted by atomic mass is 32.2. The van der Waals surface area contributed by atoms with Crippen LogP contribution in [0.1, 0.15) is 24.8 Å². The Bertz CT molecular complexity index is 533. The molecule has 0 saturated heterocycles. The molecule has 17 heavy (non-hydrogen) atoms. The highest BCUT2D eigenvalue weighted by Crippen LogP contribution is 2.43. The Morgan fingerprint density at radius 1 is 1.35 bits per heavy atom. The van der Waals surface area contributed by atoms with Gasteiger partial charge < -0.3 is 10.5 Å². The minimum atomic E-state index is -3.21. The molecule has 0 amide bonds. The highest BCUT2D eigenvalue weighted by molar-refractivity contribution is 7.90. The fourth-order valence-corrected chi connectivity index (χ4v) is 2.78. The third kappa shape index (κ3) is 2.17. The molecule has 94 valence electrons. The van der Waals surface area contributed by atoms with E-state index in [0.717, 1.165) is 24.8 Å². The summed E-state index contributed by atoms with van der Waals surface area (Å²) in [7, 11) is -1.67. The average Bonchev–Trinajstić information content (AvgIpc) is 2.24. The normalized spacial score (nSPS) is 18.5. The number of ether oxygens (including phenoxy) is 1. The minimum Gasteiger partial charge on any atom is -0.496 e. The van der Waals surface area contributed by atoms with Gasteiger partial charge in [0.05, 0.1) is 12.0 Å². The van der Waals surface area contributed by atoms with Gasteiger partial charge in [0.25, 0.3) is 0 Å². The maximum atomic E-state index is 11.5.